The lowest BCUT2D eigenvalue weighted by Gasteiger charge is -2.37. The summed E-state index contributed by atoms with van der Waals surface area (Å²) in [5, 5.41) is 19.8. The number of benzene rings is 2. The van der Waals surface area contributed by atoms with Crippen LogP contribution in [0.2, 0.25) is 0 Å². The highest BCUT2D eigenvalue weighted by Crippen LogP contribution is 2.26. The summed E-state index contributed by atoms with van der Waals surface area (Å²) in [4.78, 5) is 2.23. The topological polar surface area (TPSA) is 43.7 Å². The summed E-state index contributed by atoms with van der Waals surface area (Å²) in [6.07, 6.45) is 3.07. The summed E-state index contributed by atoms with van der Waals surface area (Å²) in [5.74, 6) is 0. The van der Waals surface area contributed by atoms with E-state index in [1.165, 1.54) is 11.1 Å². The molecule has 0 aliphatic carbocycles. The van der Waals surface area contributed by atoms with Gasteiger partial charge in [-0.2, -0.15) is 0 Å². The van der Waals surface area contributed by atoms with Crippen LogP contribution >= 0.6 is 0 Å². The maximum absolute atomic E-state index is 10.4. The fraction of sp³-hybridized carbons (Fsp3) is 0.333. The first-order valence-electron chi connectivity index (χ1n) is 8.43. The molecule has 24 heavy (non-hydrogen) atoms. The Morgan fingerprint density at radius 1 is 1.00 bits per heavy atom. The Morgan fingerprint density at radius 2 is 1.58 bits per heavy atom. The number of rotatable bonds is 8. The minimum absolute atomic E-state index is 0.105. The van der Waals surface area contributed by atoms with Gasteiger partial charge in [0.15, 0.2) is 0 Å². The van der Waals surface area contributed by atoms with Crippen LogP contribution in [0.15, 0.2) is 72.8 Å². The lowest BCUT2D eigenvalue weighted by molar-refractivity contribution is 0.0113. The molecule has 0 aliphatic rings. The molecule has 0 radical (unpaired) electrons. The van der Waals surface area contributed by atoms with Crippen molar-refractivity contribution in [3.05, 3.63) is 83.9 Å². The Balaban J connectivity index is 2.35. The first kappa shape index (κ1) is 18.4. The van der Waals surface area contributed by atoms with Crippen LogP contribution in [0.4, 0.5) is 0 Å². The van der Waals surface area contributed by atoms with Gasteiger partial charge in [0, 0.05) is 12.6 Å². The van der Waals surface area contributed by atoms with E-state index in [0.717, 1.165) is 0 Å². The van der Waals surface area contributed by atoms with Crippen molar-refractivity contribution in [2.45, 2.75) is 38.6 Å². The summed E-state index contributed by atoms with van der Waals surface area (Å²) in [6, 6.07) is 20.3. The van der Waals surface area contributed by atoms with E-state index in [1.807, 2.05) is 55.5 Å². The molecule has 0 aliphatic heterocycles. The summed E-state index contributed by atoms with van der Waals surface area (Å²) in [5.41, 5.74) is 2.37. The fourth-order valence-electron chi connectivity index (χ4n) is 2.98. The molecule has 0 saturated carbocycles. The number of hydrogen-bond donors (Lipinski definition) is 2. The molecule has 0 unspecified atom stereocenters. The van der Waals surface area contributed by atoms with Crippen LogP contribution in [0.25, 0.3) is 0 Å². The van der Waals surface area contributed by atoms with Gasteiger partial charge in [-0.25, -0.2) is 0 Å². The average Bonchev–Trinajstić information content (AvgIpc) is 2.65. The Kier molecular flexibility index (Phi) is 7.19. The smallest absolute Gasteiger partial charge is 0.0961 e. The molecule has 0 heterocycles. The van der Waals surface area contributed by atoms with Crippen LogP contribution in [0.1, 0.15) is 31.0 Å². The van der Waals surface area contributed by atoms with Gasteiger partial charge in [-0.05, 0) is 25.0 Å². The number of aliphatic hydroxyl groups excluding tert-OH is 2. The SMILES string of the molecule is C/C=C/[C@H]([C@H](O)CO)N(Cc1ccccc1)[C@H](C)c1ccccc1. The zero-order chi connectivity index (χ0) is 17.4. The molecule has 3 atom stereocenters. The molecule has 0 aromatic heterocycles. The van der Waals surface area contributed by atoms with Gasteiger partial charge >= 0.3 is 0 Å². The van der Waals surface area contributed by atoms with Crippen LogP contribution in [-0.2, 0) is 6.54 Å². The van der Waals surface area contributed by atoms with Crippen molar-refractivity contribution in [3.8, 4) is 0 Å². The Morgan fingerprint density at radius 3 is 2.12 bits per heavy atom. The van der Waals surface area contributed by atoms with E-state index in [0.29, 0.717) is 6.54 Å². The van der Waals surface area contributed by atoms with Crippen molar-refractivity contribution in [2.75, 3.05) is 6.61 Å². The third-order valence-electron chi connectivity index (χ3n) is 4.34. The zero-order valence-corrected chi connectivity index (χ0v) is 14.4. The van der Waals surface area contributed by atoms with Crippen LogP contribution in [0.3, 0.4) is 0 Å². The third-order valence-corrected chi connectivity index (χ3v) is 4.34. The van der Waals surface area contributed by atoms with Crippen molar-refractivity contribution < 1.29 is 10.2 Å². The molecule has 2 rings (SSSR count). The molecule has 2 N–H and O–H groups in total. The predicted octanol–water partition coefficient (Wildman–Crippen LogP) is 3.55. The van der Waals surface area contributed by atoms with Gasteiger partial charge in [0.05, 0.1) is 18.8 Å². The summed E-state index contributed by atoms with van der Waals surface area (Å²) in [6.45, 7) is 4.51. The molecule has 2 aromatic carbocycles. The van der Waals surface area contributed by atoms with Crippen molar-refractivity contribution in [3.63, 3.8) is 0 Å². The fourth-order valence-corrected chi connectivity index (χ4v) is 2.98. The largest absolute Gasteiger partial charge is 0.394 e. The Hall–Kier alpha value is -1.94. The van der Waals surface area contributed by atoms with Crippen molar-refractivity contribution in [1.29, 1.82) is 0 Å². The van der Waals surface area contributed by atoms with E-state index in [4.69, 9.17) is 0 Å². The van der Waals surface area contributed by atoms with Crippen LogP contribution in [0.5, 0.6) is 0 Å². The Labute approximate surface area is 144 Å². The van der Waals surface area contributed by atoms with Gasteiger partial charge in [-0.15, -0.1) is 0 Å². The lowest BCUT2D eigenvalue weighted by Crippen LogP contribution is -2.44. The number of hydrogen-bond acceptors (Lipinski definition) is 3. The Bertz CT molecular complexity index is 612. The highest BCUT2D eigenvalue weighted by atomic mass is 16.3. The van der Waals surface area contributed by atoms with Crippen LogP contribution < -0.4 is 0 Å². The molecule has 0 amide bonds. The molecule has 0 saturated heterocycles. The van der Waals surface area contributed by atoms with Gasteiger partial charge < -0.3 is 10.2 Å². The molecule has 3 nitrogen and oxygen atoms in total. The lowest BCUT2D eigenvalue weighted by atomic mass is 10.0. The van der Waals surface area contributed by atoms with Crippen LogP contribution in [-0.4, -0.2) is 33.9 Å². The van der Waals surface area contributed by atoms with E-state index >= 15 is 0 Å². The standard InChI is InChI=1S/C21H27NO2/c1-3-10-20(21(24)16-23)22(15-18-11-6-4-7-12-18)17(2)19-13-8-5-9-14-19/h3-14,17,20-21,23-24H,15-16H2,1-2H3/b10-3+/t17-,20-,21-/m1/s1. The maximum atomic E-state index is 10.4. The van der Waals surface area contributed by atoms with E-state index in [1.54, 1.807) is 0 Å². The van der Waals surface area contributed by atoms with E-state index in [2.05, 4.69) is 36.1 Å². The first-order chi connectivity index (χ1) is 11.7. The predicted molar refractivity (Wildman–Crippen MR) is 98.5 cm³/mol. The summed E-state index contributed by atoms with van der Waals surface area (Å²) >= 11 is 0. The molecule has 3 heteroatoms. The van der Waals surface area contributed by atoms with Crippen molar-refractivity contribution in [1.82, 2.24) is 4.90 Å². The molecule has 2 aromatic rings. The number of allylic oxidation sites excluding steroid dienone is 1. The average molecular weight is 325 g/mol. The highest BCUT2D eigenvalue weighted by Gasteiger charge is 2.28. The second-order valence-electron chi connectivity index (χ2n) is 6.01. The van der Waals surface area contributed by atoms with E-state index < -0.39 is 6.10 Å². The normalized spacial score (nSPS) is 15.5. The molecule has 0 bridgehead atoms. The second kappa shape index (κ2) is 9.38. The molecular formula is C21H27NO2. The van der Waals surface area contributed by atoms with Crippen LogP contribution in [0, 0.1) is 0 Å². The second-order valence-corrected chi connectivity index (χ2v) is 6.01. The molecule has 0 fully saturated rings. The van der Waals surface area contributed by atoms with Crippen molar-refractivity contribution in [2.24, 2.45) is 0 Å². The summed E-state index contributed by atoms with van der Waals surface area (Å²) in [7, 11) is 0. The van der Waals surface area contributed by atoms with E-state index in [-0.39, 0.29) is 18.7 Å². The highest BCUT2D eigenvalue weighted by molar-refractivity contribution is 5.21. The molecular weight excluding hydrogens is 298 g/mol. The van der Waals surface area contributed by atoms with Gasteiger partial charge in [-0.3, -0.25) is 4.90 Å². The van der Waals surface area contributed by atoms with Crippen molar-refractivity contribution >= 4 is 0 Å². The summed E-state index contributed by atoms with van der Waals surface area (Å²) < 4.78 is 0. The van der Waals surface area contributed by atoms with Gasteiger partial charge in [0.2, 0.25) is 0 Å². The van der Waals surface area contributed by atoms with Gasteiger partial charge in [0.1, 0.15) is 0 Å². The number of nitrogens with zero attached hydrogens (tertiary/aromatic N) is 1. The number of aliphatic hydroxyl groups is 2. The maximum Gasteiger partial charge on any atom is 0.0961 e. The third kappa shape index (κ3) is 4.78. The first-order valence-corrected chi connectivity index (χ1v) is 8.43. The van der Waals surface area contributed by atoms with Gasteiger partial charge in [-0.1, -0.05) is 72.8 Å². The van der Waals surface area contributed by atoms with E-state index in [9.17, 15) is 10.2 Å². The van der Waals surface area contributed by atoms with Gasteiger partial charge in [0.25, 0.3) is 0 Å². The quantitative estimate of drug-likeness (QED) is 0.730. The minimum atomic E-state index is -0.823. The molecule has 128 valence electrons. The monoisotopic (exact) mass is 325 g/mol. The zero-order valence-electron chi connectivity index (χ0n) is 14.4. The minimum Gasteiger partial charge on any atom is -0.394 e. The molecule has 0 spiro atoms.